The molecule has 2 heterocycles. The zero-order chi connectivity index (χ0) is 15.5. The second kappa shape index (κ2) is 6.29. The molecule has 22 heavy (non-hydrogen) atoms. The van der Waals surface area contributed by atoms with E-state index in [1.54, 1.807) is 29.2 Å². The van der Waals surface area contributed by atoms with Gasteiger partial charge in [0, 0.05) is 31.7 Å². The summed E-state index contributed by atoms with van der Waals surface area (Å²) in [4.78, 5) is 26.2. The fourth-order valence-corrected chi connectivity index (χ4v) is 2.54. The monoisotopic (exact) mass is 303 g/mol. The first-order chi connectivity index (χ1) is 10.7. The highest BCUT2D eigenvalue weighted by Gasteiger charge is 2.25. The standard InChI is InChI=1S/C16H17NO5/c18-9-11-8-17(5-6-21-10-11)16(20)15-7-13(19)12-3-1-2-4-14(12)22-15/h1-4,7,11,18H,5-6,8-10H2. The number of para-hydroxylation sites is 1. The Bertz CT molecular complexity index is 739. The number of fused-ring (bicyclic) bond motifs is 1. The van der Waals surface area contributed by atoms with Gasteiger partial charge in [0.2, 0.25) is 0 Å². The van der Waals surface area contributed by atoms with E-state index in [1.165, 1.54) is 6.07 Å². The first kappa shape index (κ1) is 14.7. The van der Waals surface area contributed by atoms with Crippen molar-refractivity contribution in [1.29, 1.82) is 0 Å². The number of aliphatic hydroxyl groups is 1. The Kier molecular flexibility index (Phi) is 4.22. The van der Waals surface area contributed by atoms with Crippen LogP contribution in [-0.4, -0.2) is 48.8 Å². The number of rotatable bonds is 2. The number of nitrogens with zero attached hydrogens (tertiary/aromatic N) is 1. The molecule has 1 fully saturated rings. The first-order valence-electron chi connectivity index (χ1n) is 7.20. The fraction of sp³-hybridized carbons (Fsp3) is 0.375. The molecule has 6 nitrogen and oxygen atoms in total. The maximum Gasteiger partial charge on any atom is 0.289 e. The smallest absolute Gasteiger partial charge is 0.289 e. The van der Waals surface area contributed by atoms with Crippen LogP contribution in [0.5, 0.6) is 0 Å². The molecule has 6 heteroatoms. The van der Waals surface area contributed by atoms with Crippen LogP contribution in [0.3, 0.4) is 0 Å². The van der Waals surface area contributed by atoms with Gasteiger partial charge in [0.15, 0.2) is 11.2 Å². The van der Waals surface area contributed by atoms with Crippen LogP contribution < -0.4 is 5.43 Å². The number of ether oxygens (including phenoxy) is 1. The van der Waals surface area contributed by atoms with Gasteiger partial charge in [-0.2, -0.15) is 0 Å². The Morgan fingerprint density at radius 1 is 1.36 bits per heavy atom. The molecule has 0 aliphatic carbocycles. The van der Waals surface area contributed by atoms with E-state index in [0.29, 0.717) is 37.3 Å². The molecule has 3 rings (SSSR count). The van der Waals surface area contributed by atoms with Crippen LogP contribution in [-0.2, 0) is 4.74 Å². The molecule has 1 aromatic carbocycles. The first-order valence-corrected chi connectivity index (χ1v) is 7.20. The number of hydrogen-bond donors (Lipinski definition) is 1. The minimum absolute atomic E-state index is 0.0160. The van der Waals surface area contributed by atoms with Crippen molar-refractivity contribution in [3.63, 3.8) is 0 Å². The topological polar surface area (TPSA) is 80.0 Å². The molecule has 0 spiro atoms. The van der Waals surface area contributed by atoms with E-state index >= 15 is 0 Å². The van der Waals surface area contributed by atoms with Gasteiger partial charge in [0.05, 0.1) is 18.6 Å². The van der Waals surface area contributed by atoms with Crippen molar-refractivity contribution >= 4 is 16.9 Å². The van der Waals surface area contributed by atoms with Gasteiger partial charge in [-0.1, -0.05) is 12.1 Å². The van der Waals surface area contributed by atoms with Crippen molar-refractivity contribution < 1.29 is 19.1 Å². The van der Waals surface area contributed by atoms with Crippen molar-refractivity contribution in [1.82, 2.24) is 4.90 Å². The summed E-state index contributed by atoms with van der Waals surface area (Å²) in [6.07, 6.45) is 0. The van der Waals surface area contributed by atoms with Gasteiger partial charge in [-0.3, -0.25) is 9.59 Å². The summed E-state index contributed by atoms with van der Waals surface area (Å²) in [6.45, 7) is 1.56. The molecule has 116 valence electrons. The number of amides is 1. The zero-order valence-electron chi connectivity index (χ0n) is 12.0. The van der Waals surface area contributed by atoms with Gasteiger partial charge in [-0.15, -0.1) is 0 Å². The second-order valence-corrected chi connectivity index (χ2v) is 5.35. The third kappa shape index (κ3) is 2.88. The highest BCUT2D eigenvalue weighted by atomic mass is 16.5. The van der Waals surface area contributed by atoms with Gasteiger partial charge in [0.1, 0.15) is 5.58 Å². The molecular formula is C16H17NO5. The lowest BCUT2D eigenvalue weighted by atomic mass is 10.1. The summed E-state index contributed by atoms with van der Waals surface area (Å²) in [5, 5.41) is 9.73. The molecule has 1 saturated heterocycles. The van der Waals surface area contributed by atoms with E-state index in [9.17, 15) is 14.7 Å². The van der Waals surface area contributed by atoms with Crippen molar-refractivity contribution in [2.75, 3.05) is 32.9 Å². The minimum Gasteiger partial charge on any atom is -0.451 e. The Hall–Kier alpha value is -2.18. The van der Waals surface area contributed by atoms with Crippen LogP contribution in [0.15, 0.2) is 39.5 Å². The molecular weight excluding hydrogens is 286 g/mol. The SMILES string of the molecule is O=C(c1cc(=O)c2ccccc2o1)N1CCOCC(CO)C1. The lowest BCUT2D eigenvalue weighted by molar-refractivity contribution is 0.0697. The van der Waals surface area contributed by atoms with Crippen molar-refractivity contribution in [3.8, 4) is 0 Å². The summed E-state index contributed by atoms with van der Waals surface area (Å²) < 4.78 is 10.9. The van der Waals surface area contributed by atoms with Crippen LogP contribution in [0.4, 0.5) is 0 Å². The summed E-state index contributed by atoms with van der Waals surface area (Å²) in [5.74, 6) is -0.465. The maximum absolute atomic E-state index is 12.6. The molecule has 1 N–H and O–H groups in total. The number of benzene rings is 1. The summed E-state index contributed by atoms with van der Waals surface area (Å²) >= 11 is 0. The molecule has 1 unspecified atom stereocenters. The Morgan fingerprint density at radius 3 is 3.00 bits per heavy atom. The molecule has 1 aliphatic heterocycles. The molecule has 0 saturated carbocycles. The lowest BCUT2D eigenvalue weighted by Crippen LogP contribution is -2.37. The molecule has 0 radical (unpaired) electrons. The van der Waals surface area contributed by atoms with Crippen LogP contribution in [0.2, 0.25) is 0 Å². The Balaban J connectivity index is 1.92. The van der Waals surface area contributed by atoms with Crippen LogP contribution in [0.1, 0.15) is 10.6 Å². The zero-order valence-corrected chi connectivity index (χ0v) is 12.0. The average molecular weight is 303 g/mol. The summed E-state index contributed by atoms with van der Waals surface area (Å²) in [6, 6.07) is 8.05. The third-order valence-corrected chi connectivity index (χ3v) is 3.73. The highest BCUT2D eigenvalue weighted by molar-refractivity contribution is 5.93. The Morgan fingerprint density at radius 2 is 2.18 bits per heavy atom. The molecule has 2 aromatic rings. The van der Waals surface area contributed by atoms with Crippen molar-refractivity contribution in [2.24, 2.45) is 5.92 Å². The van der Waals surface area contributed by atoms with Gasteiger partial charge in [-0.05, 0) is 12.1 Å². The van der Waals surface area contributed by atoms with Crippen LogP contribution in [0.25, 0.3) is 11.0 Å². The normalized spacial score (nSPS) is 19.1. The predicted octanol–water partition coefficient (Wildman–Crippen LogP) is 0.874. The largest absolute Gasteiger partial charge is 0.451 e. The second-order valence-electron chi connectivity index (χ2n) is 5.35. The highest BCUT2D eigenvalue weighted by Crippen LogP contribution is 2.15. The molecule has 1 amide bonds. The van der Waals surface area contributed by atoms with Crippen LogP contribution in [0, 0.1) is 5.92 Å². The molecule has 1 atom stereocenters. The van der Waals surface area contributed by atoms with E-state index in [4.69, 9.17) is 9.15 Å². The predicted molar refractivity (Wildman–Crippen MR) is 79.8 cm³/mol. The Labute approximate surface area is 126 Å². The fourth-order valence-electron chi connectivity index (χ4n) is 2.54. The molecule has 0 bridgehead atoms. The van der Waals surface area contributed by atoms with Crippen LogP contribution >= 0.6 is 0 Å². The number of carbonyl (C=O) groups excluding carboxylic acids is 1. The quantitative estimate of drug-likeness (QED) is 0.890. The van der Waals surface area contributed by atoms with E-state index in [1.807, 2.05) is 0 Å². The van der Waals surface area contributed by atoms with Gasteiger partial charge in [-0.25, -0.2) is 0 Å². The third-order valence-electron chi connectivity index (χ3n) is 3.73. The number of aliphatic hydroxyl groups excluding tert-OH is 1. The maximum atomic E-state index is 12.6. The number of hydrogen-bond acceptors (Lipinski definition) is 5. The minimum atomic E-state index is -0.355. The summed E-state index contributed by atoms with van der Waals surface area (Å²) in [5.41, 5.74) is 0.151. The van der Waals surface area contributed by atoms with Crippen molar-refractivity contribution in [2.45, 2.75) is 0 Å². The summed E-state index contributed by atoms with van der Waals surface area (Å²) in [7, 11) is 0. The van der Waals surface area contributed by atoms with E-state index < -0.39 is 0 Å². The molecule has 1 aromatic heterocycles. The van der Waals surface area contributed by atoms with Crippen molar-refractivity contribution in [3.05, 3.63) is 46.3 Å². The average Bonchev–Trinajstić information content (AvgIpc) is 2.79. The number of carbonyl (C=O) groups is 1. The lowest BCUT2D eigenvalue weighted by Gasteiger charge is -2.22. The van der Waals surface area contributed by atoms with Gasteiger partial charge >= 0.3 is 0 Å². The van der Waals surface area contributed by atoms with Gasteiger partial charge < -0.3 is 19.2 Å². The molecule has 1 aliphatic rings. The van der Waals surface area contributed by atoms with E-state index in [2.05, 4.69) is 0 Å². The van der Waals surface area contributed by atoms with Gasteiger partial charge in [0.25, 0.3) is 5.91 Å². The van der Waals surface area contributed by atoms with E-state index in [0.717, 1.165) is 0 Å². The van der Waals surface area contributed by atoms with E-state index in [-0.39, 0.29) is 29.6 Å².